The Labute approximate surface area is 119 Å². The van der Waals surface area contributed by atoms with E-state index in [1.165, 1.54) is 11.1 Å². The minimum absolute atomic E-state index is 0.639. The summed E-state index contributed by atoms with van der Waals surface area (Å²) < 4.78 is 2.19. The van der Waals surface area contributed by atoms with E-state index in [0.29, 0.717) is 6.54 Å². The molecule has 0 aliphatic carbocycles. The molecule has 1 aromatic carbocycles. The number of benzene rings is 1. The van der Waals surface area contributed by atoms with Crippen LogP contribution in [0.25, 0.3) is 5.52 Å². The molecule has 20 heavy (non-hydrogen) atoms. The second-order valence-corrected chi connectivity index (χ2v) is 4.95. The van der Waals surface area contributed by atoms with Crippen molar-refractivity contribution in [3.05, 3.63) is 71.8 Å². The topological polar surface area (TPSA) is 43.3 Å². The van der Waals surface area contributed by atoms with Crippen LogP contribution in [0.15, 0.2) is 54.7 Å². The quantitative estimate of drug-likeness (QED) is 0.770. The molecule has 2 N–H and O–H groups in total. The number of nitrogens with two attached hydrogens (primary N) is 1. The third-order valence-corrected chi connectivity index (χ3v) is 3.56. The Kier molecular flexibility index (Phi) is 3.79. The van der Waals surface area contributed by atoms with Crippen molar-refractivity contribution in [1.82, 2.24) is 9.38 Å². The van der Waals surface area contributed by atoms with Crippen molar-refractivity contribution in [3.8, 4) is 0 Å². The van der Waals surface area contributed by atoms with Gasteiger partial charge in [-0.25, -0.2) is 4.98 Å². The molecule has 0 saturated carbocycles. The summed E-state index contributed by atoms with van der Waals surface area (Å²) in [7, 11) is 0. The van der Waals surface area contributed by atoms with Crippen LogP contribution in [0.4, 0.5) is 0 Å². The predicted molar refractivity (Wildman–Crippen MR) is 81.8 cm³/mol. The minimum atomic E-state index is 0.639. The van der Waals surface area contributed by atoms with E-state index in [1.807, 2.05) is 12.1 Å². The molecule has 0 saturated heterocycles. The van der Waals surface area contributed by atoms with Gasteiger partial charge in [-0.15, -0.1) is 0 Å². The molecule has 3 nitrogen and oxygen atoms in total. The van der Waals surface area contributed by atoms with Crippen molar-refractivity contribution < 1.29 is 0 Å². The van der Waals surface area contributed by atoms with Crippen LogP contribution in [0.2, 0.25) is 0 Å². The Morgan fingerprint density at radius 2 is 1.70 bits per heavy atom. The molecular weight excluding hydrogens is 246 g/mol. The Morgan fingerprint density at radius 3 is 2.50 bits per heavy atom. The second kappa shape index (κ2) is 5.88. The minimum Gasteiger partial charge on any atom is -0.330 e. The maximum Gasteiger partial charge on any atom is 0.113 e. The van der Waals surface area contributed by atoms with E-state index in [2.05, 4.69) is 47.0 Å². The Morgan fingerprint density at radius 1 is 0.900 bits per heavy atom. The lowest BCUT2D eigenvalue weighted by molar-refractivity contribution is 0.842. The standard InChI is InChI=1S/C17H19N3/c18-12-11-15-16-8-4-5-13-20(16)17(19-15)10-9-14-6-2-1-3-7-14/h1-8,13H,9-12,18H2. The Hall–Kier alpha value is -2.13. The van der Waals surface area contributed by atoms with Gasteiger partial charge in [-0.2, -0.15) is 0 Å². The normalized spacial score (nSPS) is 11.1. The molecule has 0 spiro atoms. The van der Waals surface area contributed by atoms with Crippen molar-refractivity contribution in [2.75, 3.05) is 6.54 Å². The lowest BCUT2D eigenvalue weighted by Crippen LogP contribution is -2.03. The van der Waals surface area contributed by atoms with Crippen LogP contribution in [0, 0.1) is 0 Å². The summed E-state index contributed by atoms with van der Waals surface area (Å²) in [5, 5.41) is 0. The van der Waals surface area contributed by atoms with E-state index >= 15 is 0 Å². The van der Waals surface area contributed by atoms with E-state index < -0.39 is 0 Å². The molecule has 0 aliphatic rings. The van der Waals surface area contributed by atoms with Gasteiger partial charge >= 0.3 is 0 Å². The number of pyridine rings is 1. The second-order valence-electron chi connectivity index (χ2n) is 4.95. The molecule has 3 aromatic rings. The zero-order valence-corrected chi connectivity index (χ0v) is 11.5. The molecule has 0 atom stereocenters. The fourth-order valence-electron chi connectivity index (χ4n) is 2.57. The van der Waals surface area contributed by atoms with Gasteiger partial charge in [-0.3, -0.25) is 0 Å². The SMILES string of the molecule is NCCc1nc(CCc2ccccc2)n2ccccc12. The first-order valence-electron chi connectivity index (χ1n) is 7.07. The lowest BCUT2D eigenvalue weighted by atomic mass is 10.1. The van der Waals surface area contributed by atoms with Crippen molar-refractivity contribution in [1.29, 1.82) is 0 Å². The molecular formula is C17H19N3. The number of aromatic nitrogens is 2. The average molecular weight is 265 g/mol. The summed E-state index contributed by atoms with van der Waals surface area (Å²) in [6.45, 7) is 0.639. The Bertz CT molecular complexity index is 686. The molecule has 102 valence electrons. The molecule has 0 aliphatic heterocycles. The van der Waals surface area contributed by atoms with Gasteiger partial charge in [0.2, 0.25) is 0 Å². The number of nitrogens with zero attached hydrogens (tertiary/aromatic N) is 2. The lowest BCUT2D eigenvalue weighted by Gasteiger charge is -2.01. The molecule has 2 aromatic heterocycles. The summed E-state index contributed by atoms with van der Waals surface area (Å²) in [5.41, 5.74) is 9.31. The summed E-state index contributed by atoms with van der Waals surface area (Å²) in [6.07, 6.45) is 4.87. The number of rotatable bonds is 5. The number of aryl methyl sites for hydroxylation is 2. The van der Waals surface area contributed by atoms with E-state index in [0.717, 1.165) is 30.8 Å². The van der Waals surface area contributed by atoms with Crippen LogP contribution in [0.1, 0.15) is 17.1 Å². The monoisotopic (exact) mass is 265 g/mol. The van der Waals surface area contributed by atoms with Gasteiger partial charge in [0.1, 0.15) is 5.82 Å². The number of hydrogen-bond acceptors (Lipinski definition) is 2. The smallest absolute Gasteiger partial charge is 0.113 e. The van der Waals surface area contributed by atoms with Crippen molar-refractivity contribution >= 4 is 5.52 Å². The molecule has 3 heteroatoms. The first-order chi connectivity index (χ1) is 9.88. The summed E-state index contributed by atoms with van der Waals surface area (Å²) in [5.74, 6) is 1.12. The summed E-state index contributed by atoms with van der Waals surface area (Å²) in [4.78, 5) is 4.78. The molecule has 0 radical (unpaired) electrons. The molecule has 0 unspecified atom stereocenters. The molecule has 2 heterocycles. The number of fused-ring (bicyclic) bond motifs is 1. The van der Waals surface area contributed by atoms with E-state index in [9.17, 15) is 0 Å². The van der Waals surface area contributed by atoms with Gasteiger partial charge in [0.25, 0.3) is 0 Å². The van der Waals surface area contributed by atoms with Crippen LogP contribution in [-0.2, 0) is 19.3 Å². The van der Waals surface area contributed by atoms with Crippen LogP contribution < -0.4 is 5.73 Å². The zero-order chi connectivity index (χ0) is 13.8. The van der Waals surface area contributed by atoms with Gasteiger partial charge < -0.3 is 10.1 Å². The van der Waals surface area contributed by atoms with Crippen molar-refractivity contribution in [3.63, 3.8) is 0 Å². The van der Waals surface area contributed by atoms with E-state index in [-0.39, 0.29) is 0 Å². The van der Waals surface area contributed by atoms with E-state index in [1.54, 1.807) is 0 Å². The summed E-state index contributed by atoms with van der Waals surface area (Å²) >= 11 is 0. The number of hydrogen-bond donors (Lipinski definition) is 1. The maximum atomic E-state index is 5.68. The fourth-order valence-corrected chi connectivity index (χ4v) is 2.57. The molecule has 3 rings (SSSR count). The van der Waals surface area contributed by atoms with Gasteiger partial charge in [0, 0.05) is 19.0 Å². The highest BCUT2D eigenvalue weighted by Gasteiger charge is 2.09. The van der Waals surface area contributed by atoms with Crippen LogP contribution in [0.5, 0.6) is 0 Å². The van der Waals surface area contributed by atoms with Crippen molar-refractivity contribution in [2.24, 2.45) is 5.73 Å². The molecule has 0 fully saturated rings. The van der Waals surface area contributed by atoms with Gasteiger partial charge in [-0.05, 0) is 30.7 Å². The van der Waals surface area contributed by atoms with Gasteiger partial charge in [-0.1, -0.05) is 36.4 Å². The first kappa shape index (κ1) is 12.9. The zero-order valence-electron chi connectivity index (χ0n) is 11.5. The third-order valence-electron chi connectivity index (χ3n) is 3.56. The average Bonchev–Trinajstić information content (AvgIpc) is 2.85. The number of imidazole rings is 1. The predicted octanol–water partition coefficient (Wildman–Crippen LogP) is 2.62. The van der Waals surface area contributed by atoms with E-state index in [4.69, 9.17) is 10.7 Å². The third kappa shape index (κ3) is 2.58. The maximum absolute atomic E-state index is 5.68. The van der Waals surface area contributed by atoms with Gasteiger partial charge in [0.05, 0.1) is 11.2 Å². The highest BCUT2D eigenvalue weighted by atomic mass is 15.0. The molecule has 0 amide bonds. The van der Waals surface area contributed by atoms with Crippen molar-refractivity contribution in [2.45, 2.75) is 19.3 Å². The molecule has 0 bridgehead atoms. The van der Waals surface area contributed by atoms with Crippen LogP contribution >= 0.6 is 0 Å². The Balaban J connectivity index is 1.87. The highest BCUT2D eigenvalue weighted by molar-refractivity contribution is 5.53. The van der Waals surface area contributed by atoms with Gasteiger partial charge in [0.15, 0.2) is 0 Å². The van der Waals surface area contributed by atoms with Crippen LogP contribution in [-0.4, -0.2) is 15.9 Å². The van der Waals surface area contributed by atoms with Crippen LogP contribution in [0.3, 0.4) is 0 Å². The highest BCUT2D eigenvalue weighted by Crippen LogP contribution is 2.15. The first-order valence-corrected chi connectivity index (χ1v) is 7.07. The summed E-state index contributed by atoms with van der Waals surface area (Å²) in [6, 6.07) is 16.8. The largest absolute Gasteiger partial charge is 0.330 e. The fraction of sp³-hybridized carbons (Fsp3) is 0.235.